The monoisotopic (exact) mass is 318 g/mol. The van der Waals surface area contributed by atoms with Crippen molar-refractivity contribution in [2.24, 2.45) is 0 Å². The van der Waals surface area contributed by atoms with Crippen molar-refractivity contribution in [3.63, 3.8) is 0 Å². The minimum atomic E-state index is 0.0367. The second-order valence-corrected chi connectivity index (χ2v) is 6.38. The van der Waals surface area contributed by atoms with Gasteiger partial charge in [-0.15, -0.1) is 0 Å². The number of carbonyl (C=O) groups is 1. The number of ether oxygens (including phenoxy) is 3. The van der Waals surface area contributed by atoms with Gasteiger partial charge in [-0.1, -0.05) is 0 Å². The number of benzene rings is 1. The number of nitrogens with zero attached hydrogens (tertiary/aromatic N) is 1. The van der Waals surface area contributed by atoms with Crippen molar-refractivity contribution in [3.8, 4) is 17.2 Å². The molecule has 6 heteroatoms. The topological polar surface area (TPSA) is 60.0 Å². The summed E-state index contributed by atoms with van der Waals surface area (Å²) in [6.07, 6.45) is 3.40. The van der Waals surface area contributed by atoms with Gasteiger partial charge >= 0.3 is 0 Å². The minimum Gasteiger partial charge on any atom is -0.493 e. The van der Waals surface area contributed by atoms with E-state index in [0.717, 1.165) is 25.9 Å². The van der Waals surface area contributed by atoms with E-state index in [0.29, 0.717) is 48.1 Å². The van der Waals surface area contributed by atoms with Crippen molar-refractivity contribution in [1.82, 2.24) is 10.2 Å². The molecule has 2 bridgehead atoms. The number of nitrogens with one attached hydrogen (secondary N) is 1. The van der Waals surface area contributed by atoms with Crippen LogP contribution in [0.15, 0.2) is 12.1 Å². The Morgan fingerprint density at radius 2 is 2.04 bits per heavy atom. The van der Waals surface area contributed by atoms with Gasteiger partial charge in [0.15, 0.2) is 11.5 Å². The molecule has 3 aliphatic heterocycles. The highest BCUT2D eigenvalue weighted by Crippen LogP contribution is 2.40. The van der Waals surface area contributed by atoms with E-state index in [1.54, 1.807) is 19.2 Å². The second-order valence-electron chi connectivity index (χ2n) is 6.38. The molecule has 2 saturated heterocycles. The Bertz CT molecular complexity index is 602. The molecule has 1 aromatic rings. The lowest BCUT2D eigenvalue weighted by atomic mass is 10.1. The van der Waals surface area contributed by atoms with Gasteiger partial charge in [-0.2, -0.15) is 0 Å². The average molecular weight is 318 g/mol. The predicted molar refractivity (Wildman–Crippen MR) is 84.5 cm³/mol. The molecule has 1 amide bonds. The Hall–Kier alpha value is -1.95. The Balaban J connectivity index is 1.60. The van der Waals surface area contributed by atoms with E-state index in [2.05, 4.69) is 5.32 Å². The molecule has 2 fully saturated rings. The fourth-order valence-electron chi connectivity index (χ4n) is 3.71. The van der Waals surface area contributed by atoms with Crippen LogP contribution in [0.2, 0.25) is 0 Å². The molecule has 0 spiro atoms. The van der Waals surface area contributed by atoms with Crippen molar-refractivity contribution in [2.75, 3.05) is 33.4 Å². The summed E-state index contributed by atoms with van der Waals surface area (Å²) in [4.78, 5) is 14.9. The molecule has 4 rings (SSSR count). The molecule has 0 radical (unpaired) electrons. The zero-order chi connectivity index (χ0) is 15.8. The number of hydrogen-bond donors (Lipinski definition) is 1. The lowest BCUT2D eigenvalue weighted by molar-refractivity contribution is 0.0746. The van der Waals surface area contributed by atoms with E-state index in [9.17, 15) is 4.79 Å². The Morgan fingerprint density at radius 1 is 1.22 bits per heavy atom. The van der Waals surface area contributed by atoms with Gasteiger partial charge in [0, 0.05) is 30.7 Å². The number of methoxy groups -OCH3 is 1. The van der Waals surface area contributed by atoms with E-state index >= 15 is 0 Å². The smallest absolute Gasteiger partial charge is 0.254 e. The third-order valence-corrected chi connectivity index (χ3v) is 4.89. The van der Waals surface area contributed by atoms with Crippen molar-refractivity contribution >= 4 is 5.91 Å². The van der Waals surface area contributed by atoms with Crippen molar-refractivity contribution in [3.05, 3.63) is 17.7 Å². The third-order valence-electron chi connectivity index (χ3n) is 4.89. The van der Waals surface area contributed by atoms with Crippen LogP contribution in [-0.4, -0.2) is 56.3 Å². The molecule has 1 aromatic carbocycles. The number of rotatable bonds is 2. The second kappa shape index (κ2) is 5.92. The summed E-state index contributed by atoms with van der Waals surface area (Å²) < 4.78 is 16.6. The predicted octanol–water partition coefficient (Wildman–Crippen LogP) is 1.43. The molecular formula is C17H22N2O4. The number of amides is 1. The van der Waals surface area contributed by atoms with Gasteiger partial charge in [0.1, 0.15) is 13.2 Å². The summed E-state index contributed by atoms with van der Waals surface area (Å²) in [5, 5.41) is 3.60. The first-order valence-corrected chi connectivity index (χ1v) is 8.27. The zero-order valence-electron chi connectivity index (χ0n) is 13.3. The van der Waals surface area contributed by atoms with Gasteiger partial charge in [-0.05, 0) is 31.4 Å². The molecule has 3 aliphatic rings. The first-order chi connectivity index (χ1) is 11.2. The van der Waals surface area contributed by atoms with Gasteiger partial charge in [-0.25, -0.2) is 0 Å². The van der Waals surface area contributed by atoms with Crippen LogP contribution in [0.1, 0.15) is 29.6 Å². The first-order valence-electron chi connectivity index (χ1n) is 8.27. The first kappa shape index (κ1) is 14.6. The van der Waals surface area contributed by atoms with Gasteiger partial charge in [0.05, 0.1) is 7.11 Å². The maximum absolute atomic E-state index is 12.9. The quantitative estimate of drug-likeness (QED) is 0.894. The number of fused-ring (bicyclic) bond motifs is 3. The molecule has 0 saturated carbocycles. The van der Waals surface area contributed by atoms with Gasteiger partial charge in [0.2, 0.25) is 5.75 Å². The van der Waals surface area contributed by atoms with Gasteiger partial charge in [-0.3, -0.25) is 4.79 Å². The lowest BCUT2D eigenvalue weighted by Gasteiger charge is -2.26. The van der Waals surface area contributed by atoms with E-state index in [1.807, 2.05) is 4.90 Å². The van der Waals surface area contributed by atoms with Crippen molar-refractivity contribution in [2.45, 2.75) is 31.3 Å². The number of likely N-dealkylation sites (tertiary alicyclic amines) is 1. The highest BCUT2D eigenvalue weighted by atomic mass is 16.6. The van der Waals surface area contributed by atoms with E-state index < -0.39 is 0 Å². The van der Waals surface area contributed by atoms with E-state index in [4.69, 9.17) is 14.2 Å². The molecule has 23 heavy (non-hydrogen) atoms. The molecule has 6 nitrogen and oxygen atoms in total. The largest absolute Gasteiger partial charge is 0.493 e. The van der Waals surface area contributed by atoms with E-state index in [1.165, 1.54) is 6.42 Å². The van der Waals surface area contributed by atoms with Crippen LogP contribution < -0.4 is 19.5 Å². The maximum atomic E-state index is 12.9. The fraction of sp³-hybridized carbons (Fsp3) is 0.588. The Kier molecular flexibility index (Phi) is 3.77. The number of carbonyl (C=O) groups excluding carboxylic acids is 1. The van der Waals surface area contributed by atoms with Crippen LogP contribution >= 0.6 is 0 Å². The Morgan fingerprint density at radius 3 is 2.91 bits per heavy atom. The van der Waals surface area contributed by atoms with E-state index in [-0.39, 0.29) is 5.91 Å². The molecular weight excluding hydrogens is 296 g/mol. The summed E-state index contributed by atoms with van der Waals surface area (Å²) in [7, 11) is 1.58. The summed E-state index contributed by atoms with van der Waals surface area (Å²) >= 11 is 0. The average Bonchev–Trinajstić information content (AvgIpc) is 2.92. The SMILES string of the molecule is COc1cc(C(=O)N2CCC3CCC(C2)N3)cc2c1OCCO2. The molecule has 0 aromatic heterocycles. The maximum Gasteiger partial charge on any atom is 0.254 e. The summed E-state index contributed by atoms with van der Waals surface area (Å²) in [6.45, 7) is 2.55. The summed E-state index contributed by atoms with van der Waals surface area (Å²) in [5.41, 5.74) is 0.601. The highest BCUT2D eigenvalue weighted by Gasteiger charge is 2.32. The van der Waals surface area contributed by atoms with Crippen LogP contribution in [-0.2, 0) is 0 Å². The van der Waals surface area contributed by atoms with Crippen LogP contribution in [0.3, 0.4) is 0 Å². The highest BCUT2D eigenvalue weighted by molar-refractivity contribution is 5.95. The lowest BCUT2D eigenvalue weighted by Crippen LogP contribution is -2.39. The zero-order valence-corrected chi connectivity index (χ0v) is 13.3. The third kappa shape index (κ3) is 2.72. The van der Waals surface area contributed by atoms with Crippen LogP contribution in [0.4, 0.5) is 0 Å². The standard InChI is InChI=1S/C17H22N2O4/c1-21-14-8-11(9-15-16(14)23-7-6-22-15)17(20)19-5-4-12-2-3-13(10-19)18-12/h8-9,12-13,18H,2-7,10H2,1H3. The molecule has 2 atom stereocenters. The van der Waals surface area contributed by atoms with Crippen molar-refractivity contribution < 1.29 is 19.0 Å². The molecule has 0 aliphatic carbocycles. The van der Waals surface area contributed by atoms with Crippen LogP contribution in [0.25, 0.3) is 0 Å². The minimum absolute atomic E-state index is 0.0367. The molecule has 1 N–H and O–H groups in total. The molecule has 3 heterocycles. The van der Waals surface area contributed by atoms with Crippen molar-refractivity contribution in [1.29, 1.82) is 0 Å². The van der Waals surface area contributed by atoms with Crippen LogP contribution in [0.5, 0.6) is 17.2 Å². The Labute approximate surface area is 135 Å². The van der Waals surface area contributed by atoms with Gasteiger partial charge in [0.25, 0.3) is 5.91 Å². The summed E-state index contributed by atoms with van der Waals surface area (Å²) in [5.74, 6) is 1.77. The fourth-order valence-corrected chi connectivity index (χ4v) is 3.71. The summed E-state index contributed by atoms with van der Waals surface area (Å²) in [6, 6.07) is 4.51. The molecule has 2 unspecified atom stereocenters. The van der Waals surface area contributed by atoms with Crippen LogP contribution in [0, 0.1) is 0 Å². The number of hydrogen-bond acceptors (Lipinski definition) is 5. The molecule has 124 valence electrons. The normalized spacial score (nSPS) is 25.9. The van der Waals surface area contributed by atoms with Gasteiger partial charge < -0.3 is 24.4 Å².